The zero-order valence-corrected chi connectivity index (χ0v) is 9.46. The van der Waals surface area contributed by atoms with Crippen molar-refractivity contribution in [3.05, 3.63) is 35.4 Å². The SMILES string of the molecule is Cc1ccc(C(=N)NC2CNCC2N)cc1. The molecule has 1 aromatic carbocycles. The van der Waals surface area contributed by atoms with Crippen molar-refractivity contribution in [3.63, 3.8) is 0 Å². The van der Waals surface area contributed by atoms with E-state index in [1.165, 1.54) is 5.56 Å². The maximum atomic E-state index is 7.96. The number of aryl methyl sites for hydroxylation is 1. The first-order valence-corrected chi connectivity index (χ1v) is 5.55. The average Bonchev–Trinajstić information content (AvgIpc) is 2.65. The molecule has 0 bridgehead atoms. The maximum absolute atomic E-state index is 7.96. The molecule has 1 aliphatic rings. The molecule has 4 nitrogen and oxygen atoms in total. The number of hydrogen-bond acceptors (Lipinski definition) is 3. The van der Waals surface area contributed by atoms with Crippen LogP contribution in [0.3, 0.4) is 0 Å². The van der Waals surface area contributed by atoms with Crippen LogP contribution in [0, 0.1) is 12.3 Å². The van der Waals surface area contributed by atoms with E-state index in [4.69, 9.17) is 11.1 Å². The zero-order valence-electron chi connectivity index (χ0n) is 9.46. The van der Waals surface area contributed by atoms with Gasteiger partial charge in [0.2, 0.25) is 0 Å². The third kappa shape index (κ3) is 2.40. The Morgan fingerprint density at radius 1 is 1.38 bits per heavy atom. The topological polar surface area (TPSA) is 73.9 Å². The normalized spacial score (nSPS) is 24.4. The van der Waals surface area contributed by atoms with Gasteiger partial charge in [0.05, 0.1) is 6.04 Å². The highest BCUT2D eigenvalue weighted by Gasteiger charge is 2.24. The summed E-state index contributed by atoms with van der Waals surface area (Å²) in [4.78, 5) is 0. The van der Waals surface area contributed by atoms with E-state index in [9.17, 15) is 0 Å². The highest BCUT2D eigenvalue weighted by atomic mass is 15.1. The third-order valence-corrected chi connectivity index (χ3v) is 2.93. The van der Waals surface area contributed by atoms with Gasteiger partial charge in [0.25, 0.3) is 0 Å². The minimum absolute atomic E-state index is 0.0887. The molecule has 16 heavy (non-hydrogen) atoms. The molecule has 5 N–H and O–H groups in total. The molecule has 0 aliphatic carbocycles. The van der Waals surface area contributed by atoms with Gasteiger partial charge in [0.15, 0.2) is 0 Å². The van der Waals surface area contributed by atoms with E-state index in [-0.39, 0.29) is 12.1 Å². The summed E-state index contributed by atoms with van der Waals surface area (Å²) in [6.45, 7) is 3.69. The largest absolute Gasteiger partial charge is 0.364 e. The van der Waals surface area contributed by atoms with E-state index in [0.29, 0.717) is 5.84 Å². The summed E-state index contributed by atoms with van der Waals surface area (Å²) < 4.78 is 0. The summed E-state index contributed by atoms with van der Waals surface area (Å²) in [5.74, 6) is 0.448. The van der Waals surface area contributed by atoms with Gasteiger partial charge in [0, 0.05) is 24.7 Å². The lowest BCUT2D eigenvalue weighted by atomic mass is 10.1. The molecule has 1 fully saturated rings. The first kappa shape index (κ1) is 11.1. The van der Waals surface area contributed by atoms with Crippen LogP contribution in [-0.4, -0.2) is 31.0 Å². The van der Waals surface area contributed by atoms with Crippen molar-refractivity contribution >= 4 is 5.84 Å². The molecule has 0 spiro atoms. The van der Waals surface area contributed by atoms with Crippen LogP contribution in [0.4, 0.5) is 0 Å². The fourth-order valence-electron chi connectivity index (χ4n) is 1.85. The van der Waals surface area contributed by atoms with Crippen molar-refractivity contribution in [1.29, 1.82) is 5.41 Å². The van der Waals surface area contributed by atoms with Gasteiger partial charge in [-0.3, -0.25) is 5.41 Å². The van der Waals surface area contributed by atoms with Gasteiger partial charge in [0.1, 0.15) is 5.84 Å². The number of nitrogens with one attached hydrogen (secondary N) is 3. The van der Waals surface area contributed by atoms with E-state index >= 15 is 0 Å². The smallest absolute Gasteiger partial charge is 0.125 e. The van der Waals surface area contributed by atoms with Crippen molar-refractivity contribution in [2.24, 2.45) is 5.73 Å². The van der Waals surface area contributed by atoms with E-state index in [1.54, 1.807) is 0 Å². The average molecular weight is 218 g/mol. The molecule has 2 unspecified atom stereocenters. The molecule has 1 aromatic rings. The number of benzene rings is 1. The van der Waals surface area contributed by atoms with Gasteiger partial charge in [-0.15, -0.1) is 0 Å². The Bertz CT molecular complexity index is 371. The summed E-state index contributed by atoms with van der Waals surface area (Å²) in [6, 6.07) is 8.19. The molecule has 0 saturated carbocycles. The van der Waals surface area contributed by atoms with Gasteiger partial charge in [-0.2, -0.15) is 0 Å². The van der Waals surface area contributed by atoms with E-state index in [1.807, 2.05) is 31.2 Å². The Balaban J connectivity index is 2.00. The molecule has 1 saturated heterocycles. The number of nitrogens with two attached hydrogens (primary N) is 1. The predicted molar refractivity (Wildman–Crippen MR) is 65.8 cm³/mol. The Morgan fingerprint density at radius 2 is 2.06 bits per heavy atom. The highest BCUT2D eigenvalue weighted by molar-refractivity contribution is 5.96. The van der Waals surface area contributed by atoms with Crippen molar-refractivity contribution in [3.8, 4) is 0 Å². The van der Waals surface area contributed by atoms with Crippen LogP contribution >= 0.6 is 0 Å². The monoisotopic (exact) mass is 218 g/mol. The lowest BCUT2D eigenvalue weighted by Crippen LogP contribution is -2.46. The molecular weight excluding hydrogens is 200 g/mol. The molecule has 1 aliphatic heterocycles. The second-order valence-electron chi connectivity index (χ2n) is 4.31. The summed E-state index contributed by atoms with van der Waals surface area (Å²) in [6.07, 6.45) is 0. The highest BCUT2D eigenvalue weighted by Crippen LogP contribution is 2.04. The van der Waals surface area contributed by atoms with Crippen LogP contribution in [0.5, 0.6) is 0 Å². The van der Waals surface area contributed by atoms with Crippen LogP contribution in [-0.2, 0) is 0 Å². The molecule has 0 aromatic heterocycles. The van der Waals surface area contributed by atoms with Crippen LogP contribution in [0.2, 0.25) is 0 Å². The van der Waals surface area contributed by atoms with Crippen LogP contribution < -0.4 is 16.4 Å². The summed E-state index contributed by atoms with van der Waals surface area (Å²) in [5, 5.41) is 14.3. The van der Waals surface area contributed by atoms with E-state index in [2.05, 4.69) is 10.6 Å². The predicted octanol–water partition coefficient (Wildman–Crippen LogP) is 0.209. The Kier molecular flexibility index (Phi) is 3.22. The maximum Gasteiger partial charge on any atom is 0.125 e. The molecule has 2 atom stereocenters. The van der Waals surface area contributed by atoms with Crippen molar-refractivity contribution < 1.29 is 0 Å². The van der Waals surface area contributed by atoms with Gasteiger partial charge in [-0.25, -0.2) is 0 Å². The molecule has 0 amide bonds. The van der Waals surface area contributed by atoms with Crippen molar-refractivity contribution in [1.82, 2.24) is 10.6 Å². The minimum atomic E-state index is 0.0887. The number of hydrogen-bond donors (Lipinski definition) is 4. The quantitative estimate of drug-likeness (QED) is 0.423. The number of amidine groups is 1. The molecule has 2 rings (SSSR count). The van der Waals surface area contributed by atoms with Gasteiger partial charge in [-0.05, 0) is 6.92 Å². The summed E-state index contributed by atoms with van der Waals surface area (Å²) in [5.41, 5.74) is 8.02. The van der Waals surface area contributed by atoms with Gasteiger partial charge in [-0.1, -0.05) is 29.8 Å². The second kappa shape index (κ2) is 4.63. The lowest BCUT2D eigenvalue weighted by molar-refractivity contribution is 0.586. The zero-order chi connectivity index (χ0) is 11.5. The molecular formula is C12H18N4. The van der Waals surface area contributed by atoms with E-state index < -0.39 is 0 Å². The summed E-state index contributed by atoms with van der Waals surface area (Å²) in [7, 11) is 0. The molecule has 4 heteroatoms. The standard InChI is InChI=1S/C12H18N4/c1-8-2-4-9(5-3-8)12(14)16-11-7-15-6-10(11)13/h2-5,10-11,15H,6-7,13H2,1H3,(H2,14,16). The number of rotatable bonds is 2. The molecule has 1 heterocycles. The second-order valence-corrected chi connectivity index (χ2v) is 4.31. The molecule has 0 radical (unpaired) electrons. The third-order valence-electron chi connectivity index (χ3n) is 2.93. The van der Waals surface area contributed by atoms with Crippen LogP contribution in [0.25, 0.3) is 0 Å². The Hall–Kier alpha value is -1.39. The summed E-state index contributed by atoms with van der Waals surface area (Å²) >= 11 is 0. The van der Waals surface area contributed by atoms with Gasteiger partial charge < -0.3 is 16.4 Å². The Labute approximate surface area is 95.7 Å². The van der Waals surface area contributed by atoms with Gasteiger partial charge >= 0.3 is 0 Å². The van der Waals surface area contributed by atoms with E-state index in [0.717, 1.165) is 18.7 Å². The fourth-order valence-corrected chi connectivity index (χ4v) is 1.85. The molecule has 86 valence electrons. The first-order chi connectivity index (χ1) is 7.66. The van der Waals surface area contributed by atoms with Crippen molar-refractivity contribution in [2.45, 2.75) is 19.0 Å². The first-order valence-electron chi connectivity index (χ1n) is 5.55. The lowest BCUT2D eigenvalue weighted by Gasteiger charge is -2.18. The van der Waals surface area contributed by atoms with Crippen LogP contribution in [0.1, 0.15) is 11.1 Å². The minimum Gasteiger partial charge on any atom is -0.364 e. The Morgan fingerprint density at radius 3 is 2.62 bits per heavy atom. The fraction of sp³-hybridized carbons (Fsp3) is 0.417. The van der Waals surface area contributed by atoms with Crippen LogP contribution in [0.15, 0.2) is 24.3 Å². The van der Waals surface area contributed by atoms with Crippen molar-refractivity contribution in [2.75, 3.05) is 13.1 Å².